The van der Waals surface area contributed by atoms with Crippen LogP contribution in [-0.4, -0.2) is 18.0 Å². The molecule has 30 heavy (non-hydrogen) atoms. The van der Waals surface area contributed by atoms with Crippen molar-refractivity contribution < 1.29 is 9.59 Å². The van der Waals surface area contributed by atoms with E-state index in [1.54, 1.807) is 36.4 Å². The molecule has 0 saturated heterocycles. The monoisotopic (exact) mass is 395 g/mol. The van der Waals surface area contributed by atoms with Gasteiger partial charge in [0.25, 0.3) is 11.8 Å². The molecule has 0 bridgehead atoms. The van der Waals surface area contributed by atoms with E-state index in [0.29, 0.717) is 5.56 Å². The van der Waals surface area contributed by atoms with Crippen molar-refractivity contribution in [2.45, 2.75) is 0 Å². The molecule has 3 rings (SSSR count). The van der Waals surface area contributed by atoms with E-state index in [4.69, 9.17) is 0 Å². The summed E-state index contributed by atoms with van der Waals surface area (Å²) in [5.41, 5.74) is 4.80. The highest BCUT2D eigenvalue weighted by molar-refractivity contribution is 6.05. The van der Waals surface area contributed by atoms with Gasteiger partial charge in [-0.15, -0.1) is 0 Å². The molecule has 0 aliphatic heterocycles. The van der Waals surface area contributed by atoms with Crippen molar-refractivity contribution >= 4 is 30.2 Å². The number of amides is 2. The van der Waals surface area contributed by atoms with Crippen molar-refractivity contribution in [1.82, 2.24) is 10.7 Å². The molecule has 5 nitrogen and oxygen atoms in total. The molecule has 0 fully saturated rings. The lowest BCUT2D eigenvalue weighted by atomic mass is 10.1. The Morgan fingerprint density at radius 2 is 1.30 bits per heavy atom. The Kier molecular flexibility index (Phi) is 7.46. The van der Waals surface area contributed by atoms with E-state index in [2.05, 4.69) is 15.8 Å². The largest absolute Gasteiger partial charge is 0.317 e. The molecule has 0 radical (unpaired) electrons. The van der Waals surface area contributed by atoms with Crippen LogP contribution < -0.4 is 10.7 Å². The van der Waals surface area contributed by atoms with Crippen LogP contribution in [0.4, 0.5) is 0 Å². The average Bonchev–Trinajstić information content (AvgIpc) is 2.80. The lowest BCUT2D eigenvalue weighted by molar-refractivity contribution is -0.117. The van der Waals surface area contributed by atoms with Crippen molar-refractivity contribution in [3.63, 3.8) is 0 Å². The molecule has 0 aliphatic carbocycles. The fourth-order valence-corrected chi connectivity index (χ4v) is 2.58. The van der Waals surface area contributed by atoms with Gasteiger partial charge in [0.1, 0.15) is 5.70 Å². The average molecular weight is 395 g/mol. The van der Waals surface area contributed by atoms with Crippen molar-refractivity contribution in [3.8, 4) is 0 Å². The van der Waals surface area contributed by atoms with Crippen LogP contribution in [-0.2, 0) is 4.79 Å². The molecular formula is C25H21N3O2. The van der Waals surface area contributed by atoms with Gasteiger partial charge in [0.2, 0.25) is 0 Å². The van der Waals surface area contributed by atoms with Crippen LogP contribution in [0.3, 0.4) is 0 Å². The zero-order chi connectivity index (χ0) is 21.0. The second-order valence-electron chi connectivity index (χ2n) is 6.28. The third-order valence-corrected chi connectivity index (χ3v) is 4.05. The number of hydrogen-bond acceptors (Lipinski definition) is 3. The molecule has 0 aliphatic rings. The van der Waals surface area contributed by atoms with E-state index in [1.807, 2.05) is 72.8 Å². The van der Waals surface area contributed by atoms with Gasteiger partial charge in [0.05, 0.1) is 0 Å². The molecule has 0 spiro atoms. The summed E-state index contributed by atoms with van der Waals surface area (Å²) in [6.07, 6.45) is 6.67. The Hall–Kier alpha value is -4.25. The highest BCUT2D eigenvalue weighted by Crippen LogP contribution is 2.07. The Bertz CT molecular complexity index is 1060. The van der Waals surface area contributed by atoms with Crippen LogP contribution in [0.1, 0.15) is 21.5 Å². The van der Waals surface area contributed by atoms with Crippen LogP contribution in [0, 0.1) is 0 Å². The first-order valence-corrected chi connectivity index (χ1v) is 9.40. The molecule has 0 heterocycles. The van der Waals surface area contributed by atoms with Gasteiger partial charge in [-0.3, -0.25) is 9.59 Å². The molecule has 5 heteroatoms. The zero-order valence-corrected chi connectivity index (χ0v) is 16.2. The highest BCUT2D eigenvalue weighted by Gasteiger charge is 2.14. The Balaban J connectivity index is 1.70. The maximum atomic E-state index is 12.6. The lowest BCUT2D eigenvalue weighted by Crippen LogP contribution is -2.32. The summed E-state index contributed by atoms with van der Waals surface area (Å²) in [6, 6.07) is 27.7. The fourth-order valence-electron chi connectivity index (χ4n) is 2.58. The summed E-state index contributed by atoms with van der Waals surface area (Å²) in [5, 5.41) is 6.59. The van der Waals surface area contributed by atoms with Crippen LogP contribution in [0.15, 0.2) is 108 Å². The van der Waals surface area contributed by atoms with Gasteiger partial charge in [-0.2, -0.15) is 5.10 Å². The van der Waals surface area contributed by atoms with Gasteiger partial charge in [0.15, 0.2) is 0 Å². The molecular weight excluding hydrogens is 374 g/mol. The third-order valence-electron chi connectivity index (χ3n) is 4.05. The Labute approximate surface area is 175 Å². The van der Waals surface area contributed by atoms with Gasteiger partial charge in [-0.05, 0) is 35.4 Å². The summed E-state index contributed by atoms with van der Waals surface area (Å²) >= 11 is 0. The topological polar surface area (TPSA) is 70.6 Å². The third kappa shape index (κ3) is 6.42. The summed E-state index contributed by atoms with van der Waals surface area (Å²) < 4.78 is 0. The number of carbonyl (C=O) groups excluding carboxylic acids is 2. The molecule has 0 saturated carbocycles. The molecule has 0 aromatic heterocycles. The molecule has 3 aromatic carbocycles. The number of nitrogens with one attached hydrogen (secondary N) is 2. The molecule has 2 amide bonds. The lowest BCUT2D eigenvalue weighted by Gasteiger charge is -2.09. The van der Waals surface area contributed by atoms with Gasteiger partial charge in [-0.1, -0.05) is 84.9 Å². The summed E-state index contributed by atoms with van der Waals surface area (Å²) in [7, 11) is 0. The number of benzene rings is 3. The normalized spacial score (nSPS) is 11.5. The standard InChI is InChI=1S/C25H21N3O2/c29-24(22-16-8-3-9-17-22)27-23(19-21-13-6-2-7-14-21)25(30)28-26-18-10-15-20-11-4-1-5-12-20/h1-19H,(H,27,29)(H,28,30)/b15-10+,23-19-,26-18?. The highest BCUT2D eigenvalue weighted by atomic mass is 16.2. The number of carbonyl (C=O) groups is 2. The van der Waals surface area contributed by atoms with Crippen molar-refractivity contribution in [2.75, 3.05) is 0 Å². The second-order valence-corrected chi connectivity index (χ2v) is 6.28. The van der Waals surface area contributed by atoms with E-state index in [0.717, 1.165) is 11.1 Å². The van der Waals surface area contributed by atoms with E-state index < -0.39 is 5.91 Å². The smallest absolute Gasteiger partial charge is 0.287 e. The number of hydrogen-bond donors (Lipinski definition) is 2. The zero-order valence-electron chi connectivity index (χ0n) is 16.2. The number of rotatable bonds is 7. The number of nitrogens with zero attached hydrogens (tertiary/aromatic N) is 1. The molecule has 2 N–H and O–H groups in total. The van der Waals surface area contributed by atoms with Gasteiger partial charge in [0, 0.05) is 11.8 Å². The van der Waals surface area contributed by atoms with Gasteiger partial charge in [-0.25, -0.2) is 5.43 Å². The van der Waals surface area contributed by atoms with Crippen molar-refractivity contribution in [1.29, 1.82) is 0 Å². The van der Waals surface area contributed by atoms with Crippen LogP contribution in [0.25, 0.3) is 12.2 Å². The quantitative estimate of drug-likeness (QED) is 0.356. The van der Waals surface area contributed by atoms with Gasteiger partial charge < -0.3 is 5.32 Å². The second kappa shape index (κ2) is 10.9. The summed E-state index contributed by atoms with van der Waals surface area (Å²) in [5.74, 6) is -0.895. The fraction of sp³-hybridized carbons (Fsp3) is 0. The number of hydrazone groups is 1. The van der Waals surface area contributed by atoms with Crippen LogP contribution >= 0.6 is 0 Å². The maximum Gasteiger partial charge on any atom is 0.287 e. The predicted octanol–water partition coefficient (Wildman–Crippen LogP) is 4.27. The van der Waals surface area contributed by atoms with Gasteiger partial charge >= 0.3 is 0 Å². The minimum atomic E-state index is -0.521. The first-order valence-electron chi connectivity index (χ1n) is 9.40. The Morgan fingerprint density at radius 1 is 0.733 bits per heavy atom. The van der Waals surface area contributed by atoms with Crippen LogP contribution in [0.5, 0.6) is 0 Å². The van der Waals surface area contributed by atoms with E-state index >= 15 is 0 Å². The SMILES string of the molecule is O=C(NN=C/C=C/c1ccccc1)/C(=C/c1ccccc1)NC(=O)c1ccccc1. The van der Waals surface area contributed by atoms with E-state index in [1.165, 1.54) is 6.21 Å². The first kappa shape index (κ1) is 20.5. The minimum absolute atomic E-state index is 0.0965. The van der Waals surface area contributed by atoms with Crippen LogP contribution in [0.2, 0.25) is 0 Å². The van der Waals surface area contributed by atoms with Crippen molar-refractivity contribution in [3.05, 3.63) is 119 Å². The molecule has 3 aromatic rings. The molecule has 148 valence electrons. The van der Waals surface area contributed by atoms with E-state index in [9.17, 15) is 9.59 Å². The summed E-state index contributed by atoms with van der Waals surface area (Å²) in [6.45, 7) is 0. The first-order chi connectivity index (χ1) is 14.7. The Morgan fingerprint density at radius 3 is 1.93 bits per heavy atom. The predicted molar refractivity (Wildman–Crippen MR) is 120 cm³/mol. The van der Waals surface area contributed by atoms with Crippen molar-refractivity contribution in [2.24, 2.45) is 5.10 Å². The minimum Gasteiger partial charge on any atom is -0.317 e. The van der Waals surface area contributed by atoms with E-state index in [-0.39, 0.29) is 11.6 Å². The number of allylic oxidation sites excluding steroid dienone is 1. The molecule has 0 unspecified atom stereocenters. The maximum absolute atomic E-state index is 12.6. The molecule has 0 atom stereocenters. The summed E-state index contributed by atoms with van der Waals surface area (Å²) in [4.78, 5) is 25.1.